The Balaban J connectivity index is 1.54. The monoisotopic (exact) mass is 506 g/mol. The fourth-order valence-corrected chi connectivity index (χ4v) is 3.71. The van der Waals surface area contributed by atoms with Crippen LogP contribution in [0, 0.1) is 6.92 Å². The molecule has 0 unspecified atom stereocenters. The third-order valence-corrected chi connectivity index (χ3v) is 5.46. The van der Waals surface area contributed by atoms with Crippen molar-refractivity contribution < 1.29 is 14.3 Å². The van der Waals surface area contributed by atoms with Crippen LogP contribution in [0.1, 0.15) is 18.1 Å². The molecule has 7 nitrogen and oxygen atoms in total. The second kappa shape index (κ2) is 9.87. The molecule has 0 saturated carbocycles. The third-order valence-electron chi connectivity index (χ3n) is 4.97. The summed E-state index contributed by atoms with van der Waals surface area (Å²) in [7, 11) is 1.60. The highest BCUT2D eigenvalue weighted by Gasteiger charge is 2.10. The third kappa shape index (κ3) is 5.23. The number of aryl methyl sites for hydroxylation is 1. The largest absolute Gasteiger partial charge is 0.496 e. The number of nitrogens with zero attached hydrogens (tertiary/aromatic N) is 3. The smallest absolute Gasteiger partial charge is 0.248 e. The van der Waals surface area contributed by atoms with Crippen LogP contribution in [0.3, 0.4) is 0 Å². The molecule has 1 amide bonds. The number of hydrogen-bond acceptors (Lipinski definition) is 5. The van der Waals surface area contributed by atoms with Crippen molar-refractivity contribution in [1.82, 2.24) is 15.0 Å². The number of carbonyl (C=O) groups is 1. The Morgan fingerprint density at radius 1 is 1.09 bits per heavy atom. The molecular formula is C25H23BrN4O3. The van der Waals surface area contributed by atoms with Crippen LogP contribution in [-0.4, -0.2) is 34.6 Å². The minimum atomic E-state index is -0.251. The average Bonchev–Trinajstić information content (AvgIpc) is 3.21. The summed E-state index contributed by atoms with van der Waals surface area (Å²) in [5, 5.41) is 12.1. The molecule has 4 rings (SSSR count). The van der Waals surface area contributed by atoms with Crippen LogP contribution in [0.15, 0.2) is 65.1 Å². The highest BCUT2D eigenvalue weighted by molar-refractivity contribution is 9.10. The van der Waals surface area contributed by atoms with E-state index in [1.54, 1.807) is 18.0 Å². The maximum absolute atomic E-state index is 12.6. The molecule has 3 aromatic carbocycles. The van der Waals surface area contributed by atoms with Gasteiger partial charge in [0.1, 0.15) is 22.5 Å². The van der Waals surface area contributed by atoms with Crippen molar-refractivity contribution >= 4 is 44.6 Å². The first kappa shape index (κ1) is 22.5. The molecule has 0 atom stereocenters. The number of halogens is 1. The summed E-state index contributed by atoms with van der Waals surface area (Å²) in [6, 6.07) is 16.9. The van der Waals surface area contributed by atoms with Gasteiger partial charge in [-0.3, -0.25) is 4.79 Å². The zero-order chi connectivity index (χ0) is 23.4. The zero-order valence-electron chi connectivity index (χ0n) is 18.5. The lowest BCUT2D eigenvalue weighted by Gasteiger charge is -2.07. The Morgan fingerprint density at radius 3 is 2.52 bits per heavy atom. The van der Waals surface area contributed by atoms with Gasteiger partial charge in [0.2, 0.25) is 5.91 Å². The van der Waals surface area contributed by atoms with Crippen LogP contribution in [-0.2, 0) is 4.79 Å². The number of hydrogen-bond donors (Lipinski definition) is 1. The number of anilines is 1. The minimum Gasteiger partial charge on any atom is -0.496 e. The molecule has 1 aromatic heterocycles. The maximum atomic E-state index is 12.6. The first-order valence-electron chi connectivity index (χ1n) is 10.4. The molecule has 0 aliphatic rings. The summed E-state index contributed by atoms with van der Waals surface area (Å²) >= 11 is 3.44. The average molecular weight is 507 g/mol. The summed E-state index contributed by atoms with van der Waals surface area (Å²) < 4.78 is 11.7. The van der Waals surface area contributed by atoms with Gasteiger partial charge in [-0.1, -0.05) is 15.9 Å². The fourth-order valence-electron chi connectivity index (χ4n) is 3.34. The lowest BCUT2D eigenvalue weighted by Crippen LogP contribution is -2.09. The van der Waals surface area contributed by atoms with Crippen molar-refractivity contribution in [2.75, 3.05) is 19.0 Å². The highest BCUT2D eigenvalue weighted by atomic mass is 79.9. The number of ether oxygens (including phenoxy) is 2. The van der Waals surface area contributed by atoms with E-state index in [1.165, 1.54) is 6.08 Å². The van der Waals surface area contributed by atoms with E-state index in [0.717, 1.165) is 32.6 Å². The summed E-state index contributed by atoms with van der Waals surface area (Å²) in [5.41, 5.74) is 4.62. The van der Waals surface area contributed by atoms with E-state index in [1.807, 2.05) is 68.4 Å². The quantitative estimate of drug-likeness (QED) is 0.332. The van der Waals surface area contributed by atoms with E-state index in [9.17, 15) is 4.79 Å². The number of rotatable bonds is 7. The SMILES string of the molecule is CCOc1ccc(-n2nc3cc(C)c(NC(=O)/C=C/c4cc(Br)ccc4OC)cc3n2)cc1. The molecule has 0 aliphatic heterocycles. The molecule has 4 aromatic rings. The number of amides is 1. The Kier molecular flexibility index (Phi) is 6.74. The van der Waals surface area contributed by atoms with E-state index in [-0.39, 0.29) is 5.91 Å². The Hall–Kier alpha value is -3.65. The van der Waals surface area contributed by atoms with E-state index in [4.69, 9.17) is 9.47 Å². The van der Waals surface area contributed by atoms with Gasteiger partial charge in [0.15, 0.2) is 0 Å². The molecule has 0 aliphatic carbocycles. The lowest BCUT2D eigenvalue weighted by atomic mass is 10.1. The van der Waals surface area contributed by atoms with Crippen molar-refractivity contribution in [3.63, 3.8) is 0 Å². The van der Waals surface area contributed by atoms with Gasteiger partial charge < -0.3 is 14.8 Å². The number of methoxy groups -OCH3 is 1. The molecule has 33 heavy (non-hydrogen) atoms. The van der Waals surface area contributed by atoms with Crippen LogP contribution < -0.4 is 14.8 Å². The zero-order valence-corrected chi connectivity index (χ0v) is 20.1. The van der Waals surface area contributed by atoms with Crippen molar-refractivity contribution in [2.45, 2.75) is 13.8 Å². The standard InChI is InChI=1S/C25H23BrN4O3/c1-4-33-20-9-7-19(8-10-20)30-28-22-13-16(2)21(15-23(22)29-30)27-25(31)12-5-17-14-18(26)6-11-24(17)32-3/h5-15H,4H2,1-3H3,(H,27,31)/b12-5+. The summed E-state index contributed by atoms with van der Waals surface area (Å²) in [6.45, 7) is 4.48. The number of benzene rings is 3. The van der Waals surface area contributed by atoms with Crippen LogP contribution in [0.4, 0.5) is 5.69 Å². The number of nitrogens with one attached hydrogen (secondary N) is 1. The highest BCUT2D eigenvalue weighted by Crippen LogP contribution is 2.25. The first-order valence-corrected chi connectivity index (χ1v) is 11.2. The van der Waals surface area contributed by atoms with Crippen molar-refractivity contribution in [3.05, 3.63) is 76.3 Å². The van der Waals surface area contributed by atoms with E-state index < -0.39 is 0 Å². The van der Waals surface area contributed by atoms with Crippen LogP contribution in [0.2, 0.25) is 0 Å². The predicted molar refractivity (Wildman–Crippen MR) is 133 cm³/mol. The second-order valence-electron chi connectivity index (χ2n) is 7.28. The molecule has 8 heteroatoms. The molecule has 0 radical (unpaired) electrons. The number of aromatic nitrogens is 3. The van der Waals surface area contributed by atoms with Crippen LogP contribution >= 0.6 is 15.9 Å². The van der Waals surface area contributed by atoms with Crippen molar-refractivity contribution in [3.8, 4) is 17.2 Å². The summed E-state index contributed by atoms with van der Waals surface area (Å²) in [5.74, 6) is 1.23. The van der Waals surface area contributed by atoms with Gasteiger partial charge in [0, 0.05) is 21.8 Å². The van der Waals surface area contributed by atoms with Gasteiger partial charge in [-0.25, -0.2) is 0 Å². The van der Waals surface area contributed by atoms with Gasteiger partial charge in [-0.2, -0.15) is 4.80 Å². The number of carbonyl (C=O) groups excluding carboxylic acids is 1. The van der Waals surface area contributed by atoms with Crippen LogP contribution in [0.5, 0.6) is 11.5 Å². The molecule has 0 saturated heterocycles. The Labute approximate surface area is 200 Å². The minimum absolute atomic E-state index is 0.251. The predicted octanol–water partition coefficient (Wildman–Crippen LogP) is 5.55. The maximum Gasteiger partial charge on any atom is 0.248 e. The lowest BCUT2D eigenvalue weighted by molar-refractivity contribution is -0.111. The first-order chi connectivity index (χ1) is 16.0. The molecule has 168 valence electrons. The fraction of sp³-hybridized carbons (Fsp3) is 0.160. The molecule has 0 bridgehead atoms. The number of fused-ring (bicyclic) bond motifs is 1. The molecule has 0 spiro atoms. The Bertz CT molecular complexity index is 1330. The van der Waals surface area contributed by atoms with E-state index in [2.05, 4.69) is 31.4 Å². The van der Waals surface area contributed by atoms with Crippen LogP contribution in [0.25, 0.3) is 22.8 Å². The van der Waals surface area contributed by atoms with Crippen molar-refractivity contribution in [1.29, 1.82) is 0 Å². The van der Waals surface area contributed by atoms with Gasteiger partial charge in [0.25, 0.3) is 0 Å². The van der Waals surface area contributed by atoms with Gasteiger partial charge in [0.05, 0.1) is 19.4 Å². The van der Waals surface area contributed by atoms with Gasteiger partial charge >= 0.3 is 0 Å². The van der Waals surface area contributed by atoms with Gasteiger partial charge in [-0.05, 0) is 80.1 Å². The topological polar surface area (TPSA) is 78.3 Å². The molecule has 1 N–H and O–H groups in total. The molecular weight excluding hydrogens is 484 g/mol. The summed E-state index contributed by atoms with van der Waals surface area (Å²) in [6.07, 6.45) is 3.19. The molecule has 0 fully saturated rings. The molecule has 1 heterocycles. The van der Waals surface area contributed by atoms with E-state index in [0.29, 0.717) is 23.6 Å². The van der Waals surface area contributed by atoms with Gasteiger partial charge in [-0.15, -0.1) is 10.2 Å². The normalized spacial score (nSPS) is 11.2. The summed E-state index contributed by atoms with van der Waals surface area (Å²) in [4.78, 5) is 14.1. The van der Waals surface area contributed by atoms with E-state index >= 15 is 0 Å². The Morgan fingerprint density at radius 2 is 1.82 bits per heavy atom. The van der Waals surface area contributed by atoms with Crippen molar-refractivity contribution in [2.24, 2.45) is 0 Å². The second-order valence-corrected chi connectivity index (χ2v) is 8.20.